The number of carbonyl (C=O) groups excluding carboxylic acids is 3. The molecule has 1 aromatic carbocycles. The summed E-state index contributed by atoms with van der Waals surface area (Å²) in [4.78, 5) is 41.4. The molecule has 0 radical (unpaired) electrons. The fourth-order valence-corrected chi connectivity index (χ4v) is 3.90. The van der Waals surface area contributed by atoms with Gasteiger partial charge in [0.15, 0.2) is 0 Å². The van der Waals surface area contributed by atoms with Crippen molar-refractivity contribution in [3.63, 3.8) is 0 Å². The molecular weight excluding hydrogens is 392 g/mol. The molecule has 3 rings (SSSR count). The maximum atomic E-state index is 12.9. The molecule has 4 atom stereocenters. The fourth-order valence-electron chi connectivity index (χ4n) is 3.43. The van der Waals surface area contributed by atoms with Crippen LogP contribution in [-0.4, -0.2) is 64.1 Å². The standard InChI is InChI=1S/C20H26N4O4S/c1-11(25)17-20(28)22-15(7-8-29-2)18(26)23-16(19(27)24-17)9-12-10-21-14-6-4-3-5-13(12)14/h3-6,10-11,15-17,21,25H,7-9H2,1-2H3,(H,22,28)(H,23,26)(H,24,27)/t11?,15?,16-,17?/m0/s1. The quantitative estimate of drug-likeness (QED) is 0.462. The number of aliphatic hydroxyl groups is 1. The molecular formula is C20H26N4O4S. The number of aromatic nitrogens is 1. The second-order valence-corrected chi connectivity index (χ2v) is 8.18. The van der Waals surface area contributed by atoms with E-state index in [9.17, 15) is 19.5 Å². The van der Waals surface area contributed by atoms with Gasteiger partial charge in [0, 0.05) is 23.5 Å². The van der Waals surface area contributed by atoms with Crippen LogP contribution >= 0.6 is 11.8 Å². The van der Waals surface area contributed by atoms with Gasteiger partial charge in [-0.3, -0.25) is 14.4 Å². The van der Waals surface area contributed by atoms with E-state index in [2.05, 4.69) is 20.9 Å². The maximum absolute atomic E-state index is 12.9. The number of aromatic amines is 1. The lowest BCUT2D eigenvalue weighted by molar-refractivity contribution is -0.132. The summed E-state index contributed by atoms with van der Waals surface area (Å²) in [6.07, 6.45) is 3.33. The highest BCUT2D eigenvalue weighted by Gasteiger charge is 2.35. The number of fused-ring (bicyclic) bond motifs is 1. The molecule has 2 heterocycles. The van der Waals surface area contributed by atoms with Gasteiger partial charge in [0.1, 0.15) is 18.1 Å². The minimum atomic E-state index is -1.13. The minimum Gasteiger partial charge on any atom is -0.391 e. The predicted octanol–water partition coefficient (Wildman–Crippen LogP) is 0.312. The highest BCUT2D eigenvalue weighted by atomic mass is 32.2. The second-order valence-electron chi connectivity index (χ2n) is 7.19. The Morgan fingerprint density at radius 3 is 2.45 bits per heavy atom. The van der Waals surface area contributed by atoms with Gasteiger partial charge in [0.2, 0.25) is 17.7 Å². The van der Waals surface area contributed by atoms with Crippen LogP contribution in [0.1, 0.15) is 18.9 Å². The molecule has 1 saturated heterocycles. The van der Waals surface area contributed by atoms with Gasteiger partial charge in [0.05, 0.1) is 6.10 Å². The summed E-state index contributed by atoms with van der Waals surface area (Å²) in [6, 6.07) is 4.94. The highest BCUT2D eigenvalue weighted by Crippen LogP contribution is 2.19. The number of nitrogens with one attached hydrogen (secondary N) is 4. The van der Waals surface area contributed by atoms with Gasteiger partial charge in [-0.2, -0.15) is 11.8 Å². The van der Waals surface area contributed by atoms with Crippen LogP contribution in [0.5, 0.6) is 0 Å². The first-order valence-electron chi connectivity index (χ1n) is 9.53. The molecule has 1 aromatic heterocycles. The highest BCUT2D eigenvalue weighted by molar-refractivity contribution is 7.98. The Bertz CT molecular complexity index is 897. The number of thioether (sulfide) groups is 1. The van der Waals surface area contributed by atoms with E-state index in [4.69, 9.17) is 0 Å². The van der Waals surface area contributed by atoms with Crippen LogP contribution in [0.2, 0.25) is 0 Å². The molecule has 0 saturated carbocycles. The van der Waals surface area contributed by atoms with E-state index in [1.807, 2.05) is 36.7 Å². The van der Waals surface area contributed by atoms with Crippen LogP contribution in [-0.2, 0) is 20.8 Å². The van der Waals surface area contributed by atoms with Crippen molar-refractivity contribution in [3.05, 3.63) is 36.0 Å². The molecule has 156 valence electrons. The molecule has 0 aliphatic carbocycles. The molecule has 0 bridgehead atoms. The zero-order valence-corrected chi connectivity index (χ0v) is 17.2. The summed E-state index contributed by atoms with van der Waals surface area (Å²) in [5, 5.41) is 19.0. The van der Waals surface area contributed by atoms with Gasteiger partial charge in [-0.25, -0.2) is 0 Å². The monoisotopic (exact) mass is 418 g/mol. The van der Waals surface area contributed by atoms with E-state index < -0.39 is 42.0 Å². The molecule has 3 unspecified atom stereocenters. The van der Waals surface area contributed by atoms with Gasteiger partial charge in [0.25, 0.3) is 0 Å². The average molecular weight is 419 g/mol. The molecule has 0 spiro atoms. The number of benzene rings is 1. The zero-order chi connectivity index (χ0) is 21.0. The number of H-pyrrole nitrogens is 1. The molecule has 1 aliphatic heterocycles. The first kappa shape index (κ1) is 21.2. The largest absolute Gasteiger partial charge is 0.391 e. The van der Waals surface area contributed by atoms with Crippen LogP contribution in [0.25, 0.3) is 10.9 Å². The molecule has 1 aliphatic rings. The topological polar surface area (TPSA) is 123 Å². The Labute approximate surface area is 173 Å². The van der Waals surface area contributed by atoms with Gasteiger partial charge in [-0.1, -0.05) is 18.2 Å². The van der Waals surface area contributed by atoms with Crippen molar-refractivity contribution in [1.29, 1.82) is 0 Å². The summed E-state index contributed by atoms with van der Waals surface area (Å²) in [7, 11) is 0. The van der Waals surface area contributed by atoms with E-state index in [0.29, 0.717) is 12.2 Å². The third kappa shape index (κ3) is 4.91. The second kappa shape index (κ2) is 9.32. The van der Waals surface area contributed by atoms with E-state index in [1.54, 1.807) is 11.8 Å². The Kier molecular flexibility index (Phi) is 6.81. The number of aliphatic hydroxyl groups excluding tert-OH is 1. The van der Waals surface area contributed by atoms with E-state index in [-0.39, 0.29) is 6.42 Å². The lowest BCUT2D eigenvalue weighted by Crippen LogP contribution is -2.55. The molecule has 9 heteroatoms. The van der Waals surface area contributed by atoms with Crippen LogP contribution < -0.4 is 16.0 Å². The van der Waals surface area contributed by atoms with Crippen molar-refractivity contribution in [2.24, 2.45) is 0 Å². The summed E-state index contributed by atoms with van der Waals surface area (Å²) in [5.74, 6) is -0.803. The first-order valence-corrected chi connectivity index (χ1v) is 10.9. The zero-order valence-electron chi connectivity index (χ0n) is 16.4. The van der Waals surface area contributed by atoms with Crippen molar-refractivity contribution < 1.29 is 19.5 Å². The van der Waals surface area contributed by atoms with Crippen LogP contribution in [0.4, 0.5) is 0 Å². The van der Waals surface area contributed by atoms with Crippen LogP contribution in [0.3, 0.4) is 0 Å². The normalized spacial score (nSPS) is 24.1. The molecule has 8 nitrogen and oxygen atoms in total. The van der Waals surface area contributed by atoms with Crippen molar-refractivity contribution in [1.82, 2.24) is 20.9 Å². The summed E-state index contributed by atoms with van der Waals surface area (Å²) in [5.41, 5.74) is 1.82. The number of hydrogen-bond acceptors (Lipinski definition) is 5. The number of hydrogen-bond donors (Lipinski definition) is 5. The smallest absolute Gasteiger partial charge is 0.245 e. The summed E-state index contributed by atoms with van der Waals surface area (Å²) >= 11 is 1.56. The Morgan fingerprint density at radius 2 is 1.72 bits per heavy atom. The van der Waals surface area contributed by atoms with E-state index in [0.717, 1.165) is 16.5 Å². The third-order valence-electron chi connectivity index (χ3n) is 5.04. The Hall–Kier alpha value is -2.52. The first-order chi connectivity index (χ1) is 13.9. The SMILES string of the molecule is CSCCC1NC(=O)C(C(C)O)NC(=O)[C@H](Cc2c[nH]c3ccccc23)NC1=O. The Morgan fingerprint density at radius 1 is 1.03 bits per heavy atom. The number of rotatable bonds is 6. The van der Waals surface area contributed by atoms with Gasteiger partial charge < -0.3 is 26.0 Å². The van der Waals surface area contributed by atoms with E-state index in [1.165, 1.54) is 6.92 Å². The van der Waals surface area contributed by atoms with Crippen molar-refractivity contribution in [3.8, 4) is 0 Å². The molecule has 29 heavy (non-hydrogen) atoms. The number of carbonyl (C=O) groups is 3. The lowest BCUT2D eigenvalue weighted by Gasteiger charge is -2.22. The average Bonchev–Trinajstić information content (AvgIpc) is 3.11. The van der Waals surface area contributed by atoms with Crippen LogP contribution in [0.15, 0.2) is 30.5 Å². The number of amides is 3. The third-order valence-corrected chi connectivity index (χ3v) is 5.68. The summed E-state index contributed by atoms with van der Waals surface area (Å²) < 4.78 is 0. The maximum Gasteiger partial charge on any atom is 0.245 e. The van der Waals surface area contributed by atoms with Crippen molar-refractivity contribution in [2.45, 2.75) is 44.0 Å². The van der Waals surface area contributed by atoms with Crippen molar-refractivity contribution in [2.75, 3.05) is 12.0 Å². The minimum absolute atomic E-state index is 0.261. The fraction of sp³-hybridized carbons (Fsp3) is 0.450. The lowest BCUT2D eigenvalue weighted by atomic mass is 10.0. The van der Waals surface area contributed by atoms with Gasteiger partial charge >= 0.3 is 0 Å². The molecule has 2 aromatic rings. The predicted molar refractivity (Wildman–Crippen MR) is 112 cm³/mol. The molecule has 1 fully saturated rings. The van der Waals surface area contributed by atoms with Crippen LogP contribution in [0, 0.1) is 0 Å². The van der Waals surface area contributed by atoms with Crippen molar-refractivity contribution >= 4 is 40.4 Å². The summed E-state index contributed by atoms with van der Waals surface area (Å²) in [6.45, 7) is 1.43. The van der Waals surface area contributed by atoms with Gasteiger partial charge in [-0.15, -0.1) is 0 Å². The van der Waals surface area contributed by atoms with E-state index >= 15 is 0 Å². The number of para-hydroxylation sites is 1. The molecule has 3 amide bonds. The van der Waals surface area contributed by atoms with Gasteiger partial charge in [-0.05, 0) is 37.0 Å². The molecule has 5 N–H and O–H groups in total. The Balaban J connectivity index is 1.89.